The van der Waals surface area contributed by atoms with Gasteiger partial charge in [0.05, 0.1) is 10.5 Å². The summed E-state index contributed by atoms with van der Waals surface area (Å²) in [6.07, 6.45) is 1.58. The maximum absolute atomic E-state index is 11.0. The number of nitrogens with zero attached hydrogens (tertiary/aromatic N) is 1. The maximum atomic E-state index is 11.0. The third kappa shape index (κ3) is 2.78. The highest BCUT2D eigenvalue weighted by atomic mass is 16.6. The lowest BCUT2D eigenvalue weighted by atomic mass is 10.1. The first kappa shape index (κ1) is 11.1. The van der Waals surface area contributed by atoms with Gasteiger partial charge >= 0.3 is 0 Å². The van der Waals surface area contributed by atoms with E-state index in [4.69, 9.17) is 0 Å². The molecule has 3 nitrogen and oxygen atoms in total. The van der Waals surface area contributed by atoms with Gasteiger partial charge in [0, 0.05) is 6.08 Å². The normalized spacial score (nSPS) is 11.2. The Morgan fingerprint density at radius 2 is 1.47 bits per heavy atom. The molecule has 17 heavy (non-hydrogen) atoms. The molecule has 0 aromatic heterocycles. The van der Waals surface area contributed by atoms with E-state index in [0.717, 1.165) is 5.56 Å². The summed E-state index contributed by atoms with van der Waals surface area (Å²) in [6.45, 7) is 0. The van der Waals surface area contributed by atoms with Crippen LogP contribution in [0.1, 0.15) is 11.1 Å². The smallest absolute Gasteiger partial charge is 0.258 e. The Morgan fingerprint density at radius 3 is 2.00 bits per heavy atom. The molecule has 0 unspecified atom stereocenters. The van der Waals surface area contributed by atoms with E-state index in [1.165, 1.54) is 0 Å². The lowest BCUT2D eigenvalue weighted by Gasteiger charge is -1.98. The van der Waals surface area contributed by atoms with E-state index in [1.54, 1.807) is 30.3 Å². The van der Waals surface area contributed by atoms with Crippen LogP contribution in [0.25, 0.3) is 11.8 Å². The van der Waals surface area contributed by atoms with Crippen LogP contribution in [0.5, 0.6) is 0 Å². The average molecular weight is 225 g/mol. The van der Waals surface area contributed by atoms with E-state index >= 15 is 0 Å². The van der Waals surface area contributed by atoms with Gasteiger partial charge in [-0.2, -0.15) is 0 Å². The van der Waals surface area contributed by atoms with Crippen molar-refractivity contribution in [1.29, 1.82) is 0 Å². The standard InChI is InChI=1S/C14H11NO2/c16-15(17)14(13-9-5-2-6-10-13)11-12-7-3-1-4-8-12/h1-11H. The topological polar surface area (TPSA) is 43.1 Å². The van der Waals surface area contributed by atoms with E-state index in [0.29, 0.717) is 5.56 Å². The highest BCUT2D eigenvalue weighted by Crippen LogP contribution is 2.18. The summed E-state index contributed by atoms with van der Waals surface area (Å²) < 4.78 is 0. The van der Waals surface area contributed by atoms with E-state index in [-0.39, 0.29) is 10.6 Å². The molecule has 84 valence electrons. The Kier molecular flexibility index (Phi) is 3.31. The first-order valence-corrected chi connectivity index (χ1v) is 5.24. The van der Waals surface area contributed by atoms with E-state index in [1.807, 2.05) is 36.4 Å². The van der Waals surface area contributed by atoms with Gasteiger partial charge in [0.25, 0.3) is 5.70 Å². The Balaban J connectivity index is 2.44. The summed E-state index contributed by atoms with van der Waals surface area (Å²) in [5, 5.41) is 11.0. The van der Waals surface area contributed by atoms with Crippen molar-refractivity contribution in [3.8, 4) is 0 Å². The Hall–Kier alpha value is -2.42. The van der Waals surface area contributed by atoms with Crippen molar-refractivity contribution in [3.05, 3.63) is 81.9 Å². The molecule has 0 aliphatic heterocycles. The molecule has 0 aliphatic carbocycles. The molecule has 0 fully saturated rings. The second kappa shape index (κ2) is 5.07. The fourth-order valence-corrected chi connectivity index (χ4v) is 1.56. The predicted octanol–water partition coefficient (Wildman–Crippen LogP) is 3.46. The van der Waals surface area contributed by atoms with E-state index in [9.17, 15) is 10.1 Å². The van der Waals surface area contributed by atoms with Crippen LogP contribution in [0.15, 0.2) is 60.7 Å². The van der Waals surface area contributed by atoms with Crippen LogP contribution < -0.4 is 0 Å². The molecule has 2 aromatic rings. The van der Waals surface area contributed by atoms with Gasteiger partial charge in [0.2, 0.25) is 0 Å². The fourth-order valence-electron chi connectivity index (χ4n) is 1.56. The second-order valence-corrected chi connectivity index (χ2v) is 3.56. The molecule has 2 rings (SSSR count). The van der Waals surface area contributed by atoms with Crippen LogP contribution in [0.2, 0.25) is 0 Å². The molecule has 0 N–H and O–H groups in total. The summed E-state index contributed by atoms with van der Waals surface area (Å²) in [5.41, 5.74) is 1.54. The molecule has 2 aromatic carbocycles. The van der Waals surface area contributed by atoms with Gasteiger partial charge in [-0.3, -0.25) is 10.1 Å². The summed E-state index contributed by atoms with van der Waals surface area (Å²) in [6, 6.07) is 18.2. The minimum Gasteiger partial charge on any atom is -0.258 e. The molecule has 0 heterocycles. The quantitative estimate of drug-likeness (QED) is 0.456. The van der Waals surface area contributed by atoms with Gasteiger partial charge in [-0.1, -0.05) is 48.5 Å². The third-order valence-corrected chi connectivity index (χ3v) is 2.37. The van der Waals surface area contributed by atoms with Crippen molar-refractivity contribution in [3.63, 3.8) is 0 Å². The van der Waals surface area contributed by atoms with Gasteiger partial charge < -0.3 is 0 Å². The van der Waals surface area contributed by atoms with E-state index in [2.05, 4.69) is 0 Å². The van der Waals surface area contributed by atoms with Crippen molar-refractivity contribution in [2.75, 3.05) is 0 Å². The second-order valence-electron chi connectivity index (χ2n) is 3.56. The van der Waals surface area contributed by atoms with Crippen molar-refractivity contribution in [2.45, 2.75) is 0 Å². The van der Waals surface area contributed by atoms with Crippen LogP contribution >= 0.6 is 0 Å². The van der Waals surface area contributed by atoms with Crippen molar-refractivity contribution in [2.24, 2.45) is 0 Å². The number of benzene rings is 2. The molecule has 0 atom stereocenters. The molecule has 0 radical (unpaired) electrons. The van der Waals surface area contributed by atoms with E-state index < -0.39 is 0 Å². The zero-order valence-electron chi connectivity index (χ0n) is 9.11. The van der Waals surface area contributed by atoms with Crippen LogP contribution in [0.4, 0.5) is 0 Å². The summed E-state index contributed by atoms with van der Waals surface area (Å²) in [7, 11) is 0. The van der Waals surface area contributed by atoms with Gasteiger partial charge in [-0.05, 0) is 17.7 Å². The molecule has 3 heteroatoms. The first-order chi connectivity index (χ1) is 8.27. The highest BCUT2D eigenvalue weighted by Gasteiger charge is 2.12. The zero-order valence-corrected chi connectivity index (χ0v) is 9.11. The lowest BCUT2D eigenvalue weighted by Crippen LogP contribution is -1.97. The molecule has 0 saturated heterocycles. The van der Waals surface area contributed by atoms with Crippen LogP contribution in [0, 0.1) is 10.1 Å². The van der Waals surface area contributed by atoms with Crippen LogP contribution in [-0.2, 0) is 0 Å². The molecule has 0 bridgehead atoms. The number of rotatable bonds is 3. The lowest BCUT2D eigenvalue weighted by molar-refractivity contribution is -0.374. The Labute approximate surface area is 99.2 Å². The Bertz CT molecular complexity index is 533. The largest absolute Gasteiger partial charge is 0.277 e. The molecule has 0 amide bonds. The van der Waals surface area contributed by atoms with Gasteiger partial charge in [0.1, 0.15) is 0 Å². The van der Waals surface area contributed by atoms with Crippen LogP contribution in [-0.4, -0.2) is 4.92 Å². The molecule has 0 spiro atoms. The summed E-state index contributed by atoms with van der Waals surface area (Å²) in [4.78, 5) is 10.7. The molecule has 0 saturated carbocycles. The van der Waals surface area contributed by atoms with Crippen molar-refractivity contribution >= 4 is 11.8 Å². The predicted molar refractivity (Wildman–Crippen MR) is 67.7 cm³/mol. The average Bonchev–Trinajstić information content (AvgIpc) is 2.38. The van der Waals surface area contributed by atoms with Gasteiger partial charge in [-0.25, -0.2) is 0 Å². The molecular weight excluding hydrogens is 214 g/mol. The van der Waals surface area contributed by atoms with Gasteiger partial charge in [0.15, 0.2) is 0 Å². The fraction of sp³-hybridized carbons (Fsp3) is 0. The van der Waals surface area contributed by atoms with Crippen molar-refractivity contribution in [1.82, 2.24) is 0 Å². The minimum atomic E-state index is -0.359. The monoisotopic (exact) mass is 225 g/mol. The maximum Gasteiger partial charge on any atom is 0.277 e. The minimum absolute atomic E-state index is 0.108. The number of hydrogen-bond acceptors (Lipinski definition) is 2. The van der Waals surface area contributed by atoms with Crippen molar-refractivity contribution < 1.29 is 4.92 Å². The SMILES string of the molecule is O=[N+]([O-])C(=Cc1ccccc1)c1ccccc1. The number of hydrogen-bond donors (Lipinski definition) is 0. The summed E-state index contributed by atoms with van der Waals surface area (Å²) in [5.74, 6) is 0. The van der Waals surface area contributed by atoms with Crippen LogP contribution in [0.3, 0.4) is 0 Å². The Morgan fingerprint density at radius 1 is 0.941 bits per heavy atom. The van der Waals surface area contributed by atoms with Gasteiger partial charge in [-0.15, -0.1) is 0 Å². The zero-order chi connectivity index (χ0) is 12.1. The number of nitro groups is 1. The summed E-state index contributed by atoms with van der Waals surface area (Å²) >= 11 is 0. The first-order valence-electron chi connectivity index (χ1n) is 5.24. The third-order valence-electron chi connectivity index (χ3n) is 2.37. The highest BCUT2D eigenvalue weighted by molar-refractivity contribution is 5.76. The molecule has 0 aliphatic rings. The molecular formula is C14H11NO2.